The first-order chi connectivity index (χ1) is 16.0. The maximum absolute atomic E-state index is 12.9. The first-order valence-electron chi connectivity index (χ1n) is 12.4. The highest BCUT2D eigenvalue weighted by Crippen LogP contribution is 2.19. The second-order valence-corrected chi connectivity index (χ2v) is 9.55. The Morgan fingerprint density at radius 1 is 1.00 bits per heavy atom. The van der Waals surface area contributed by atoms with Gasteiger partial charge >= 0.3 is 0 Å². The lowest BCUT2D eigenvalue weighted by Gasteiger charge is -2.30. The molecule has 0 saturated carbocycles. The fraction of sp³-hybridized carbons (Fsp3) is 0.500. The molecule has 1 saturated heterocycles. The second-order valence-electron chi connectivity index (χ2n) is 9.55. The van der Waals surface area contributed by atoms with Gasteiger partial charge < -0.3 is 10.6 Å². The quantitative estimate of drug-likeness (QED) is 0.471. The Balaban J connectivity index is 1.47. The van der Waals surface area contributed by atoms with Gasteiger partial charge in [0.1, 0.15) is 0 Å². The van der Waals surface area contributed by atoms with Gasteiger partial charge in [-0.15, -0.1) is 0 Å². The molecule has 33 heavy (non-hydrogen) atoms. The van der Waals surface area contributed by atoms with Crippen LogP contribution in [0.15, 0.2) is 60.7 Å². The number of aryl methyl sites for hydroxylation is 1. The molecule has 1 heterocycles. The van der Waals surface area contributed by atoms with Gasteiger partial charge in [0.2, 0.25) is 5.91 Å². The van der Waals surface area contributed by atoms with Crippen molar-refractivity contribution >= 4 is 11.8 Å². The van der Waals surface area contributed by atoms with Crippen LogP contribution in [0.2, 0.25) is 0 Å². The molecule has 5 nitrogen and oxygen atoms in total. The van der Waals surface area contributed by atoms with Gasteiger partial charge in [-0.3, -0.25) is 14.5 Å². The molecular formula is C28H39N3O2. The van der Waals surface area contributed by atoms with Crippen molar-refractivity contribution in [3.63, 3.8) is 0 Å². The van der Waals surface area contributed by atoms with E-state index in [0.29, 0.717) is 18.0 Å². The zero-order valence-electron chi connectivity index (χ0n) is 20.1. The number of amides is 2. The van der Waals surface area contributed by atoms with Crippen LogP contribution in [0.3, 0.4) is 0 Å². The predicted molar refractivity (Wildman–Crippen MR) is 134 cm³/mol. The summed E-state index contributed by atoms with van der Waals surface area (Å²) in [6.07, 6.45) is 5.90. The molecule has 1 fully saturated rings. The van der Waals surface area contributed by atoms with Crippen LogP contribution in [-0.4, -0.2) is 48.4 Å². The molecule has 2 N–H and O–H groups in total. The number of benzene rings is 2. The predicted octanol–water partition coefficient (Wildman–Crippen LogP) is 4.43. The van der Waals surface area contributed by atoms with Crippen molar-refractivity contribution in [2.45, 2.75) is 64.5 Å². The van der Waals surface area contributed by atoms with E-state index in [0.717, 1.165) is 51.6 Å². The normalized spacial score (nSPS) is 17.1. The van der Waals surface area contributed by atoms with Gasteiger partial charge in [0.15, 0.2) is 0 Å². The zero-order valence-corrected chi connectivity index (χ0v) is 20.1. The van der Waals surface area contributed by atoms with Crippen LogP contribution in [0.4, 0.5) is 0 Å². The van der Waals surface area contributed by atoms with E-state index in [1.807, 2.05) is 36.4 Å². The van der Waals surface area contributed by atoms with Gasteiger partial charge in [0.25, 0.3) is 5.91 Å². The van der Waals surface area contributed by atoms with Crippen molar-refractivity contribution in [1.82, 2.24) is 15.5 Å². The number of hydrogen-bond acceptors (Lipinski definition) is 3. The molecule has 1 unspecified atom stereocenters. The molecule has 2 atom stereocenters. The molecule has 3 rings (SSSR count). The average Bonchev–Trinajstić information content (AvgIpc) is 3.27. The summed E-state index contributed by atoms with van der Waals surface area (Å²) in [6.45, 7) is 6.68. The second kappa shape index (κ2) is 13.1. The summed E-state index contributed by atoms with van der Waals surface area (Å²) in [6, 6.07) is 19.8. The lowest BCUT2D eigenvalue weighted by atomic mass is 10.0. The Morgan fingerprint density at radius 3 is 2.39 bits per heavy atom. The smallest absolute Gasteiger partial charge is 0.251 e. The third-order valence-electron chi connectivity index (χ3n) is 6.28. The van der Waals surface area contributed by atoms with E-state index < -0.39 is 0 Å². The van der Waals surface area contributed by atoms with E-state index in [2.05, 4.69) is 53.6 Å². The molecule has 0 aliphatic carbocycles. The van der Waals surface area contributed by atoms with E-state index in [1.165, 1.54) is 5.56 Å². The van der Waals surface area contributed by atoms with Crippen LogP contribution < -0.4 is 10.6 Å². The lowest BCUT2D eigenvalue weighted by molar-refractivity contribution is -0.125. The van der Waals surface area contributed by atoms with Gasteiger partial charge in [-0.25, -0.2) is 0 Å². The van der Waals surface area contributed by atoms with Crippen LogP contribution in [0.25, 0.3) is 0 Å². The average molecular weight is 450 g/mol. The van der Waals surface area contributed by atoms with Crippen molar-refractivity contribution in [3.8, 4) is 0 Å². The third kappa shape index (κ3) is 8.32. The highest BCUT2D eigenvalue weighted by Gasteiger charge is 2.32. The van der Waals surface area contributed by atoms with E-state index in [1.54, 1.807) is 0 Å². The Labute approximate surface area is 199 Å². The van der Waals surface area contributed by atoms with Crippen molar-refractivity contribution in [1.29, 1.82) is 0 Å². The summed E-state index contributed by atoms with van der Waals surface area (Å²) in [5.74, 6) is 0.551. The maximum Gasteiger partial charge on any atom is 0.251 e. The Bertz CT molecular complexity index is 854. The zero-order chi connectivity index (χ0) is 23.5. The van der Waals surface area contributed by atoms with Crippen molar-refractivity contribution < 1.29 is 9.59 Å². The van der Waals surface area contributed by atoms with Crippen LogP contribution >= 0.6 is 0 Å². The number of carbonyl (C=O) groups is 2. The highest BCUT2D eigenvalue weighted by molar-refractivity contribution is 5.94. The molecule has 2 amide bonds. The van der Waals surface area contributed by atoms with E-state index in [4.69, 9.17) is 0 Å². The van der Waals surface area contributed by atoms with Crippen molar-refractivity contribution in [3.05, 3.63) is 71.8 Å². The first kappa shape index (κ1) is 25.0. The molecule has 1 aliphatic rings. The fourth-order valence-electron chi connectivity index (χ4n) is 4.66. The summed E-state index contributed by atoms with van der Waals surface area (Å²) in [5.41, 5.74) is 2.03. The summed E-state index contributed by atoms with van der Waals surface area (Å²) in [5, 5.41) is 6.37. The largest absolute Gasteiger partial charge is 0.355 e. The van der Waals surface area contributed by atoms with Gasteiger partial charge in [-0.1, -0.05) is 62.4 Å². The van der Waals surface area contributed by atoms with Crippen molar-refractivity contribution in [2.24, 2.45) is 5.92 Å². The van der Waals surface area contributed by atoms with E-state index in [-0.39, 0.29) is 23.9 Å². The topological polar surface area (TPSA) is 61.4 Å². The van der Waals surface area contributed by atoms with Crippen LogP contribution in [0.1, 0.15) is 61.9 Å². The lowest BCUT2D eigenvalue weighted by Crippen LogP contribution is -2.50. The minimum Gasteiger partial charge on any atom is -0.355 e. The number of nitrogens with one attached hydrogen (secondary N) is 2. The Morgan fingerprint density at radius 2 is 1.70 bits per heavy atom. The molecule has 2 aromatic carbocycles. The minimum atomic E-state index is -0.0950. The van der Waals surface area contributed by atoms with Gasteiger partial charge in [0, 0.05) is 24.7 Å². The monoisotopic (exact) mass is 449 g/mol. The minimum absolute atomic E-state index is 0.0250. The van der Waals surface area contributed by atoms with Crippen LogP contribution in [-0.2, 0) is 11.2 Å². The molecule has 0 aromatic heterocycles. The molecule has 0 radical (unpaired) electrons. The van der Waals surface area contributed by atoms with Crippen LogP contribution in [0.5, 0.6) is 0 Å². The molecule has 0 bridgehead atoms. The number of rotatable bonds is 12. The summed E-state index contributed by atoms with van der Waals surface area (Å²) in [7, 11) is 0. The maximum atomic E-state index is 12.9. The highest BCUT2D eigenvalue weighted by atomic mass is 16.2. The molecule has 1 aliphatic heterocycles. The van der Waals surface area contributed by atoms with E-state index in [9.17, 15) is 9.59 Å². The number of nitrogens with zero attached hydrogens (tertiary/aromatic N) is 1. The number of hydrogen-bond donors (Lipinski definition) is 2. The summed E-state index contributed by atoms with van der Waals surface area (Å²) in [4.78, 5) is 27.9. The molecule has 0 spiro atoms. The first-order valence-corrected chi connectivity index (χ1v) is 12.4. The third-order valence-corrected chi connectivity index (χ3v) is 6.28. The summed E-state index contributed by atoms with van der Waals surface area (Å²) >= 11 is 0. The molecular weight excluding hydrogens is 410 g/mol. The molecule has 2 aromatic rings. The van der Waals surface area contributed by atoms with Gasteiger partial charge in [0.05, 0.1) is 6.04 Å². The number of likely N-dealkylation sites (tertiary alicyclic amines) is 1. The van der Waals surface area contributed by atoms with E-state index >= 15 is 0 Å². The number of carbonyl (C=O) groups excluding carboxylic acids is 2. The molecule has 5 heteroatoms. The molecule has 178 valence electrons. The summed E-state index contributed by atoms with van der Waals surface area (Å²) < 4.78 is 0. The van der Waals surface area contributed by atoms with Gasteiger partial charge in [-0.05, 0) is 68.7 Å². The standard InChI is InChI=1S/C28H39N3O2/c1-22(2)20-25(30-27(32)24-15-7-4-8-16-24)21-31-19-11-17-26(31)28(33)29-18-10-9-14-23-12-5-3-6-13-23/h3-8,12-13,15-16,22,25-26H,9-11,14,17-21H2,1-2H3,(H,29,33)(H,30,32)/t25?,26-/m0/s1. The van der Waals surface area contributed by atoms with Crippen LogP contribution in [0, 0.1) is 5.92 Å². The number of unbranched alkanes of at least 4 members (excludes halogenated alkanes) is 1. The Kier molecular flexibility index (Phi) is 9.95. The van der Waals surface area contributed by atoms with Crippen molar-refractivity contribution in [2.75, 3.05) is 19.6 Å². The fourth-order valence-corrected chi connectivity index (χ4v) is 4.66. The van der Waals surface area contributed by atoms with Gasteiger partial charge in [-0.2, -0.15) is 0 Å². The SMILES string of the molecule is CC(C)CC(CN1CCC[C@H]1C(=O)NCCCCc1ccccc1)NC(=O)c1ccccc1. The Hall–Kier alpha value is -2.66.